The minimum Gasteiger partial charge on any atom is -0.334 e. The summed E-state index contributed by atoms with van der Waals surface area (Å²) in [6, 6.07) is 3.18. The molecule has 4 rings (SSSR count). The molecule has 192 valence electrons. The predicted octanol–water partition coefficient (Wildman–Crippen LogP) is 4.84. The summed E-state index contributed by atoms with van der Waals surface area (Å²) in [5.41, 5.74) is -6.12. The first kappa shape index (κ1) is 25.8. The number of halogens is 9. The summed E-state index contributed by atoms with van der Waals surface area (Å²) in [4.78, 5) is 12.6. The van der Waals surface area contributed by atoms with Gasteiger partial charge in [-0.1, -0.05) is 16.8 Å². The molecular formula is C18H10ClF8N7OS. The van der Waals surface area contributed by atoms with Gasteiger partial charge >= 0.3 is 18.3 Å². The van der Waals surface area contributed by atoms with Crippen molar-refractivity contribution in [2.75, 3.05) is 0 Å². The van der Waals surface area contributed by atoms with Gasteiger partial charge in [0.15, 0.2) is 11.5 Å². The van der Waals surface area contributed by atoms with Crippen LogP contribution in [-0.2, 0) is 19.1 Å². The van der Waals surface area contributed by atoms with Crippen LogP contribution in [-0.4, -0.2) is 42.4 Å². The van der Waals surface area contributed by atoms with Crippen LogP contribution in [0.5, 0.6) is 0 Å². The summed E-state index contributed by atoms with van der Waals surface area (Å²) in [6.07, 6.45) is -10.3. The maximum atomic E-state index is 13.9. The molecule has 3 aromatic heterocycles. The first-order valence-electron chi connectivity index (χ1n) is 9.56. The molecule has 0 spiro atoms. The molecule has 0 aromatic carbocycles. The standard InChI is InChI=1S/C18H10ClF8N7OS/c1-33-14(10(17(22,23)24)11(31-33)16(20,21)18(25,26)27)34-5-8(30-32-34)9-4-7(12(19)36-9)13(35)29-15(6-28)2-3-15/h4-5H,2-3H2,1H3,(H,29,35). The summed E-state index contributed by atoms with van der Waals surface area (Å²) >= 11 is 6.86. The topological polar surface area (TPSA) is 101 Å². The Labute approximate surface area is 204 Å². The molecule has 0 aliphatic heterocycles. The predicted molar refractivity (Wildman–Crippen MR) is 106 cm³/mol. The molecule has 0 unspecified atom stereocenters. The summed E-state index contributed by atoms with van der Waals surface area (Å²) in [5, 5.41) is 21.5. The van der Waals surface area contributed by atoms with E-state index in [-0.39, 0.29) is 25.2 Å². The molecular weight excluding hydrogens is 550 g/mol. The number of amides is 1. The fourth-order valence-corrected chi connectivity index (χ4v) is 4.42. The number of alkyl halides is 8. The van der Waals surface area contributed by atoms with Gasteiger partial charge in [0.2, 0.25) is 0 Å². The van der Waals surface area contributed by atoms with Crippen LogP contribution in [0.4, 0.5) is 35.1 Å². The Morgan fingerprint density at radius 2 is 1.86 bits per heavy atom. The van der Waals surface area contributed by atoms with Crippen LogP contribution in [0, 0.1) is 11.3 Å². The highest BCUT2D eigenvalue weighted by atomic mass is 35.5. The van der Waals surface area contributed by atoms with Crippen molar-refractivity contribution in [1.82, 2.24) is 30.1 Å². The number of rotatable bonds is 5. The van der Waals surface area contributed by atoms with Gasteiger partial charge in [-0.25, -0.2) is 9.36 Å². The molecule has 3 heterocycles. The number of aromatic nitrogens is 5. The first-order chi connectivity index (χ1) is 16.5. The highest BCUT2D eigenvalue weighted by Crippen LogP contribution is 2.49. The second-order valence-corrected chi connectivity index (χ2v) is 9.39. The van der Waals surface area contributed by atoms with Crippen molar-refractivity contribution in [1.29, 1.82) is 5.26 Å². The Kier molecular flexibility index (Phi) is 5.83. The monoisotopic (exact) mass is 559 g/mol. The van der Waals surface area contributed by atoms with E-state index in [0.717, 1.165) is 24.6 Å². The molecule has 18 heteroatoms. The molecule has 1 fully saturated rings. The minimum atomic E-state index is -6.35. The van der Waals surface area contributed by atoms with Gasteiger partial charge in [-0.2, -0.15) is 45.5 Å². The van der Waals surface area contributed by atoms with Crippen LogP contribution >= 0.6 is 22.9 Å². The Hall–Kier alpha value is -3.26. The third kappa shape index (κ3) is 4.28. The maximum absolute atomic E-state index is 13.9. The van der Waals surface area contributed by atoms with Gasteiger partial charge in [-0.3, -0.25) is 4.79 Å². The molecule has 1 N–H and O–H groups in total. The van der Waals surface area contributed by atoms with Gasteiger partial charge < -0.3 is 5.32 Å². The van der Waals surface area contributed by atoms with Gasteiger partial charge in [0.25, 0.3) is 5.91 Å². The zero-order valence-corrected chi connectivity index (χ0v) is 19.0. The lowest BCUT2D eigenvalue weighted by Gasteiger charge is -2.19. The van der Waals surface area contributed by atoms with Crippen molar-refractivity contribution in [3.63, 3.8) is 0 Å². The lowest BCUT2D eigenvalue weighted by Crippen LogP contribution is -2.36. The van der Waals surface area contributed by atoms with E-state index in [2.05, 4.69) is 20.7 Å². The second kappa shape index (κ2) is 8.13. The van der Waals surface area contributed by atoms with E-state index in [1.165, 1.54) is 6.07 Å². The molecule has 8 nitrogen and oxygen atoms in total. The van der Waals surface area contributed by atoms with Crippen molar-refractivity contribution in [3.8, 4) is 22.5 Å². The molecule has 36 heavy (non-hydrogen) atoms. The van der Waals surface area contributed by atoms with Crippen LogP contribution in [0.2, 0.25) is 4.34 Å². The zero-order chi connectivity index (χ0) is 26.8. The quantitative estimate of drug-likeness (QED) is 0.451. The van der Waals surface area contributed by atoms with Gasteiger partial charge in [0.1, 0.15) is 21.1 Å². The van der Waals surface area contributed by atoms with E-state index in [9.17, 15) is 39.9 Å². The number of carbonyl (C=O) groups excluding carboxylic acids is 1. The summed E-state index contributed by atoms with van der Waals surface area (Å²) in [5.74, 6) is -7.84. The van der Waals surface area contributed by atoms with Crippen molar-refractivity contribution in [3.05, 3.63) is 33.4 Å². The van der Waals surface area contributed by atoms with E-state index < -0.39 is 46.8 Å². The van der Waals surface area contributed by atoms with Crippen molar-refractivity contribution in [2.24, 2.45) is 7.05 Å². The molecule has 1 amide bonds. The van der Waals surface area contributed by atoms with Crippen LogP contribution in [0.25, 0.3) is 16.4 Å². The second-order valence-electron chi connectivity index (χ2n) is 7.74. The Bertz CT molecular complexity index is 1390. The van der Waals surface area contributed by atoms with Crippen LogP contribution in [0.1, 0.15) is 34.5 Å². The average Bonchev–Trinajstić information content (AvgIpc) is 3.08. The molecule has 3 aromatic rings. The number of nitrogens with one attached hydrogen (secondary N) is 1. The van der Waals surface area contributed by atoms with Crippen molar-refractivity contribution >= 4 is 28.8 Å². The highest BCUT2D eigenvalue weighted by molar-refractivity contribution is 7.19. The lowest BCUT2D eigenvalue weighted by molar-refractivity contribution is -0.292. The SMILES string of the molecule is Cn1nc(C(F)(F)C(F)(F)F)c(C(F)(F)F)c1-n1cc(-c2cc(C(=O)NC3(C#N)CC3)c(Cl)s2)nn1. The van der Waals surface area contributed by atoms with Crippen molar-refractivity contribution in [2.45, 2.75) is 36.7 Å². The number of nitriles is 1. The molecule has 0 bridgehead atoms. The summed E-state index contributed by atoms with van der Waals surface area (Å²) in [6.45, 7) is 0. The van der Waals surface area contributed by atoms with Gasteiger partial charge in [0, 0.05) is 7.05 Å². The average molecular weight is 560 g/mol. The third-order valence-corrected chi connectivity index (χ3v) is 6.55. The van der Waals surface area contributed by atoms with E-state index in [1.807, 2.05) is 6.07 Å². The van der Waals surface area contributed by atoms with Gasteiger partial charge in [0.05, 0.1) is 22.7 Å². The Morgan fingerprint density at radius 1 is 1.22 bits per heavy atom. The highest BCUT2D eigenvalue weighted by Gasteiger charge is 2.64. The Morgan fingerprint density at radius 3 is 2.39 bits per heavy atom. The number of thiophene rings is 1. The molecule has 1 saturated carbocycles. The number of nitrogens with zero attached hydrogens (tertiary/aromatic N) is 6. The minimum absolute atomic E-state index is 0.0468. The Balaban J connectivity index is 1.74. The van der Waals surface area contributed by atoms with Gasteiger partial charge in [-0.05, 0) is 18.9 Å². The molecule has 0 saturated heterocycles. The van der Waals surface area contributed by atoms with Crippen LogP contribution in [0.15, 0.2) is 12.3 Å². The fourth-order valence-electron chi connectivity index (χ4n) is 3.20. The van der Waals surface area contributed by atoms with Crippen molar-refractivity contribution < 1.29 is 39.9 Å². The number of carbonyl (C=O) groups is 1. The van der Waals surface area contributed by atoms with E-state index in [0.29, 0.717) is 17.5 Å². The molecule has 1 aliphatic carbocycles. The normalized spacial score (nSPS) is 15.6. The number of aryl methyl sites for hydroxylation is 1. The van der Waals surface area contributed by atoms with Crippen LogP contribution < -0.4 is 5.32 Å². The fraction of sp³-hybridized carbons (Fsp3) is 0.389. The van der Waals surface area contributed by atoms with E-state index in [1.54, 1.807) is 0 Å². The third-order valence-electron chi connectivity index (χ3n) is 5.16. The molecule has 0 atom stereocenters. The zero-order valence-electron chi connectivity index (χ0n) is 17.5. The smallest absolute Gasteiger partial charge is 0.334 e. The molecule has 0 radical (unpaired) electrons. The summed E-state index contributed by atoms with van der Waals surface area (Å²) < 4.78 is 108. The van der Waals surface area contributed by atoms with E-state index in [4.69, 9.17) is 16.9 Å². The van der Waals surface area contributed by atoms with E-state index >= 15 is 0 Å². The largest absolute Gasteiger partial charge is 0.459 e. The van der Waals surface area contributed by atoms with Gasteiger partial charge in [-0.15, -0.1) is 16.4 Å². The first-order valence-corrected chi connectivity index (χ1v) is 10.8. The maximum Gasteiger partial charge on any atom is 0.459 e. The number of hydrogen-bond acceptors (Lipinski definition) is 6. The summed E-state index contributed by atoms with van der Waals surface area (Å²) in [7, 11) is 0.731. The van der Waals surface area contributed by atoms with Crippen LogP contribution in [0.3, 0.4) is 0 Å². The number of hydrogen-bond donors (Lipinski definition) is 1. The molecule has 1 aliphatic rings. The lowest BCUT2D eigenvalue weighted by atomic mass is 10.1.